The van der Waals surface area contributed by atoms with Gasteiger partial charge in [0.05, 0.1) is 7.11 Å². The van der Waals surface area contributed by atoms with Gasteiger partial charge < -0.3 is 20.1 Å². The van der Waals surface area contributed by atoms with E-state index >= 15 is 0 Å². The minimum Gasteiger partial charge on any atom is -0.497 e. The third kappa shape index (κ3) is 6.47. The van der Waals surface area contributed by atoms with Crippen LogP contribution in [0.25, 0.3) is 0 Å². The number of methoxy groups -OCH3 is 1. The zero-order valence-electron chi connectivity index (χ0n) is 15.2. The average molecular weight is 356 g/mol. The van der Waals surface area contributed by atoms with Gasteiger partial charge in [0.25, 0.3) is 5.91 Å². The van der Waals surface area contributed by atoms with Gasteiger partial charge >= 0.3 is 0 Å². The fraction of sp³-hybridized carbons (Fsp3) is 0.300. The molecule has 0 saturated heterocycles. The van der Waals surface area contributed by atoms with Gasteiger partial charge in [-0.15, -0.1) is 0 Å². The average Bonchev–Trinajstić information content (AvgIpc) is 2.61. The minimum absolute atomic E-state index is 0.0234. The van der Waals surface area contributed by atoms with Crippen molar-refractivity contribution in [2.45, 2.75) is 20.3 Å². The van der Waals surface area contributed by atoms with Gasteiger partial charge in [0.2, 0.25) is 5.91 Å². The van der Waals surface area contributed by atoms with Gasteiger partial charge in [-0.2, -0.15) is 0 Å². The normalized spacial score (nSPS) is 10.3. The van der Waals surface area contributed by atoms with Crippen molar-refractivity contribution in [3.63, 3.8) is 0 Å². The Morgan fingerprint density at radius 2 is 1.35 bits per heavy atom. The molecule has 0 unspecified atom stereocenters. The van der Waals surface area contributed by atoms with Crippen LogP contribution >= 0.6 is 0 Å². The minimum atomic E-state index is -0.266. The van der Waals surface area contributed by atoms with Crippen molar-refractivity contribution in [1.29, 1.82) is 0 Å². The summed E-state index contributed by atoms with van der Waals surface area (Å²) in [6, 6.07) is 14.0. The molecule has 2 N–H and O–H groups in total. The summed E-state index contributed by atoms with van der Waals surface area (Å²) in [5.41, 5.74) is 1.33. The molecule has 6 nitrogen and oxygen atoms in total. The lowest BCUT2D eigenvalue weighted by molar-refractivity contribution is -0.118. The largest absolute Gasteiger partial charge is 0.497 e. The van der Waals surface area contributed by atoms with Gasteiger partial charge in [0, 0.05) is 17.8 Å². The number of hydrogen-bond donors (Lipinski definition) is 2. The topological polar surface area (TPSA) is 76.7 Å². The number of carbonyl (C=O) groups is 2. The molecule has 138 valence electrons. The highest BCUT2D eigenvalue weighted by Gasteiger charge is 2.07. The van der Waals surface area contributed by atoms with E-state index in [4.69, 9.17) is 9.47 Å². The summed E-state index contributed by atoms with van der Waals surface area (Å²) in [6.07, 6.45) is 0.473. The van der Waals surface area contributed by atoms with Crippen molar-refractivity contribution < 1.29 is 19.1 Å². The van der Waals surface area contributed by atoms with Crippen molar-refractivity contribution in [3.05, 3.63) is 48.5 Å². The van der Waals surface area contributed by atoms with Gasteiger partial charge in [-0.1, -0.05) is 13.8 Å². The molecule has 6 heteroatoms. The molecule has 2 aromatic carbocycles. The van der Waals surface area contributed by atoms with Gasteiger partial charge in [-0.25, -0.2) is 0 Å². The number of hydrogen-bond acceptors (Lipinski definition) is 4. The molecule has 0 bridgehead atoms. The van der Waals surface area contributed by atoms with Crippen LogP contribution in [0.1, 0.15) is 20.3 Å². The summed E-state index contributed by atoms with van der Waals surface area (Å²) in [7, 11) is 1.59. The Hall–Kier alpha value is -3.02. The number of carbonyl (C=O) groups excluding carboxylic acids is 2. The maximum Gasteiger partial charge on any atom is 0.262 e. The molecule has 2 amide bonds. The third-order valence-corrected chi connectivity index (χ3v) is 3.48. The molecule has 0 atom stereocenters. The van der Waals surface area contributed by atoms with Gasteiger partial charge in [-0.05, 0) is 54.4 Å². The van der Waals surface area contributed by atoms with Crippen molar-refractivity contribution in [3.8, 4) is 11.5 Å². The maximum absolute atomic E-state index is 12.0. The van der Waals surface area contributed by atoms with Crippen molar-refractivity contribution >= 4 is 23.2 Å². The monoisotopic (exact) mass is 356 g/mol. The van der Waals surface area contributed by atoms with E-state index in [0.29, 0.717) is 29.5 Å². The lowest BCUT2D eigenvalue weighted by Crippen LogP contribution is -2.20. The summed E-state index contributed by atoms with van der Waals surface area (Å²) in [4.78, 5) is 23.7. The van der Waals surface area contributed by atoms with Crippen LogP contribution < -0.4 is 20.1 Å². The molecule has 0 aliphatic rings. The molecular formula is C20H24N2O4. The SMILES string of the molecule is COc1ccc(OCC(=O)Nc2ccc(NC(=O)CC(C)C)cc2)cc1. The fourth-order valence-corrected chi connectivity index (χ4v) is 2.24. The molecule has 0 spiro atoms. The first-order valence-corrected chi connectivity index (χ1v) is 8.43. The summed E-state index contributed by atoms with van der Waals surface area (Å²) >= 11 is 0. The molecular weight excluding hydrogens is 332 g/mol. The number of ether oxygens (including phenoxy) is 2. The molecule has 0 radical (unpaired) electrons. The Balaban J connectivity index is 1.80. The molecule has 26 heavy (non-hydrogen) atoms. The molecule has 0 aliphatic heterocycles. The molecule has 2 aromatic rings. The molecule has 0 fully saturated rings. The van der Waals surface area contributed by atoms with E-state index < -0.39 is 0 Å². The first kappa shape index (κ1) is 19.3. The predicted octanol–water partition coefficient (Wildman–Crippen LogP) is 3.70. The van der Waals surface area contributed by atoms with E-state index in [-0.39, 0.29) is 18.4 Å². The quantitative estimate of drug-likeness (QED) is 0.756. The number of benzene rings is 2. The summed E-state index contributed by atoms with van der Waals surface area (Å²) in [5.74, 6) is 1.33. The second kappa shape index (κ2) is 9.46. The van der Waals surface area contributed by atoms with Crippen molar-refractivity contribution in [2.24, 2.45) is 5.92 Å². The first-order chi connectivity index (χ1) is 12.5. The molecule has 0 aliphatic carbocycles. The van der Waals surface area contributed by atoms with E-state index in [1.807, 2.05) is 13.8 Å². The van der Waals surface area contributed by atoms with Crippen LogP contribution in [-0.4, -0.2) is 25.5 Å². The Bertz CT molecular complexity index is 724. The van der Waals surface area contributed by atoms with Gasteiger partial charge in [-0.3, -0.25) is 9.59 Å². The molecule has 0 heterocycles. The number of amides is 2. The third-order valence-electron chi connectivity index (χ3n) is 3.48. The van der Waals surface area contributed by atoms with E-state index in [0.717, 1.165) is 5.75 Å². The number of anilines is 2. The maximum atomic E-state index is 12.0. The zero-order valence-corrected chi connectivity index (χ0v) is 15.2. The van der Waals surface area contributed by atoms with E-state index in [9.17, 15) is 9.59 Å². The fourth-order valence-electron chi connectivity index (χ4n) is 2.24. The van der Waals surface area contributed by atoms with Gasteiger partial charge in [0.15, 0.2) is 6.61 Å². The van der Waals surface area contributed by atoms with Crippen LogP contribution in [-0.2, 0) is 9.59 Å². The lowest BCUT2D eigenvalue weighted by Gasteiger charge is -2.10. The number of rotatable bonds is 8. The van der Waals surface area contributed by atoms with Crippen molar-refractivity contribution in [1.82, 2.24) is 0 Å². The Morgan fingerprint density at radius 1 is 0.846 bits per heavy atom. The lowest BCUT2D eigenvalue weighted by atomic mass is 10.1. The van der Waals surface area contributed by atoms with Crippen LogP contribution in [0.2, 0.25) is 0 Å². The summed E-state index contributed by atoms with van der Waals surface area (Å²) in [6.45, 7) is 3.89. The molecule has 0 aromatic heterocycles. The highest BCUT2D eigenvalue weighted by Crippen LogP contribution is 2.17. The highest BCUT2D eigenvalue weighted by atomic mass is 16.5. The summed E-state index contributed by atoms with van der Waals surface area (Å²) < 4.78 is 10.5. The second-order valence-corrected chi connectivity index (χ2v) is 6.24. The van der Waals surface area contributed by atoms with Crippen LogP contribution in [0.3, 0.4) is 0 Å². The van der Waals surface area contributed by atoms with Crippen LogP contribution in [0.5, 0.6) is 11.5 Å². The Kier molecular flexibility index (Phi) is 7.02. The number of nitrogens with one attached hydrogen (secondary N) is 2. The van der Waals surface area contributed by atoms with E-state index in [1.165, 1.54) is 0 Å². The van der Waals surface area contributed by atoms with E-state index in [1.54, 1.807) is 55.6 Å². The zero-order chi connectivity index (χ0) is 18.9. The second-order valence-electron chi connectivity index (χ2n) is 6.24. The highest BCUT2D eigenvalue weighted by molar-refractivity contribution is 5.93. The predicted molar refractivity (Wildman–Crippen MR) is 102 cm³/mol. The van der Waals surface area contributed by atoms with Crippen LogP contribution in [0.15, 0.2) is 48.5 Å². The van der Waals surface area contributed by atoms with Crippen molar-refractivity contribution in [2.75, 3.05) is 24.4 Å². The van der Waals surface area contributed by atoms with Crippen LogP contribution in [0.4, 0.5) is 11.4 Å². The van der Waals surface area contributed by atoms with Gasteiger partial charge in [0.1, 0.15) is 11.5 Å². The Labute approximate surface area is 153 Å². The molecule has 2 rings (SSSR count). The summed E-state index contributed by atoms with van der Waals surface area (Å²) in [5, 5.41) is 5.57. The smallest absolute Gasteiger partial charge is 0.262 e. The standard InChI is InChI=1S/C20H24N2O4/c1-14(2)12-19(23)21-15-4-6-16(7-5-15)22-20(24)13-26-18-10-8-17(25-3)9-11-18/h4-11,14H,12-13H2,1-3H3,(H,21,23)(H,22,24). The Morgan fingerprint density at radius 3 is 1.85 bits per heavy atom. The van der Waals surface area contributed by atoms with E-state index in [2.05, 4.69) is 10.6 Å². The van der Waals surface area contributed by atoms with Crippen LogP contribution in [0, 0.1) is 5.92 Å². The molecule has 0 saturated carbocycles. The first-order valence-electron chi connectivity index (χ1n) is 8.43.